The first kappa shape index (κ1) is 10.3. The van der Waals surface area contributed by atoms with Crippen LogP contribution in [0.4, 0.5) is 0 Å². The molecule has 0 radical (unpaired) electrons. The van der Waals surface area contributed by atoms with Gasteiger partial charge in [-0.05, 0) is 20.8 Å². The van der Waals surface area contributed by atoms with Gasteiger partial charge in [0, 0.05) is 12.1 Å². The first-order valence-corrected chi connectivity index (χ1v) is 4.65. The molecule has 0 spiro atoms. The lowest BCUT2D eigenvalue weighted by Crippen LogP contribution is -2.29. The van der Waals surface area contributed by atoms with Crippen molar-refractivity contribution in [2.24, 2.45) is 0 Å². The molecule has 0 N–H and O–H groups in total. The van der Waals surface area contributed by atoms with Crippen molar-refractivity contribution in [3.63, 3.8) is 0 Å². The lowest BCUT2D eigenvalue weighted by atomic mass is 10.2. The largest absolute Gasteiger partial charge is 0.274 e. The Morgan fingerprint density at radius 1 is 1.38 bits per heavy atom. The highest BCUT2D eigenvalue weighted by Gasteiger charge is 2.37. The third-order valence-electron chi connectivity index (χ3n) is 2.18. The van der Waals surface area contributed by atoms with Gasteiger partial charge in [-0.25, -0.2) is 0 Å². The van der Waals surface area contributed by atoms with Crippen molar-refractivity contribution in [2.45, 2.75) is 32.4 Å². The Morgan fingerprint density at radius 3 is 2.23 bits per heavy atom. The average Bonchev–Trinajstić information content (AvgIpc) is 2.26. The number of carbonyl (C=O) groups excluding carboxylic acids is 2. The van der Waals surface area contributed by atoms with E-state index >= 15 is 0 Å². The van der Waals surface area contributed by atoms with E-state index < -0.39 is 5.25 Å². The molecule has 0 bridgehead atoms. The zero-order valence-corrected chi connectivity index (χ0v) is 8.89. The van der Waals surface area contributed by atoms with Gasteiger partial charge in [0.1, 0.15) is 0 Å². The number of carbonyl (C=O) groups is 2. The maximum Gasteiger partial charge on any atom is 0.246 e. The maximum atomic E-state index is 11.5. The molecule has 1 aliphatic rings. The van der Waals surface area contributed by atoms with Crippen molar-refractivity contribution in [1.82, 2.24) is 4.90 Å². The lowest BCUT2D eigenvalue weighted by molar-refractivity contribution is -0.135. The predicted molar refractivity (Wildman–Crippen MR) is 53.3 cm³/mol. The van der Waals surface area contributed by atoms with Crippen LogP contribution in [0.15, 0.2) is 11.3 Å². The summed E-state index contributed by atoms with van der Waals surface area (Å²) in [6.07, 6.45) is 0.215. The summed E-state index contributed by atoms with van der Waals surface area (Å²) in [7, 11) is 0. The van der Waals surface area contributed by atoms with Crippen molar-refractivity contribution in [2.75, 3.05) is 0 Å². The predicted octanol–water partition coefficient (Wildman–Crippen LogP) is 1.36. The normalized spacial score (nSPS) is 22.5. The standard InChI is InChI=1S/C9H13NO2S/c1-5(2)6(3)10-8(11)4-7(13)9(10)12/h7,13H,4H2,1-3H3. The number of rotatable bonds is 1. The Kier molecular flexibility index (Phi) is 2.81. The monoisotopic (exact) mass is 199 g/mol. The highest BCUT2D eigenvalue weighted by atomic mass is 32.1. The van der Waals surface area contributed by atoms with Crippen LogP contribution in [0.2, 0.25) is 0 Å². The van der Waals surface area contributed by atoms with Gasteiger partial charge in [-0.1, -0.05) is 5.57 Å². The van der Waals surface area contributed by atoms with Gasteiger partial charge in [0.05, 0.1) is 5.25 Å². The van der Waals surface area contributed by atoms with Crippen LogP contribution >= 0.6 is 12.6 Å². The van der Waals surface area contributed by atoms with Crippen molar-refractivity contribution in [1.29, 1.82) is 0 Å². The lowest BCUT2D eigenvalue weighted by Gasteiger charge is -2.16. The van der Waals surface area contributed by atoms with Gasteiger partial charge in [0.15, 0.2) is 0 Å². The second kappa shape index (κ2) is 3.54. The number of imide groups is 1. The molecule has 1 fully saturated rings. The third kappa shape index (κ3) is 1.77. The maximum absolute atomic E-state index is 11.5. The minimum Gasteiger partial charge on any atom is -0.274 e. The third-order valence-corrected chi connectivity index (χ3v) is 2.59. The van der Waals surface area contributed by atoms with Crippen molar-refractivity contribution in [3.05, 3.63) is 11.3 Å². The fourth-order valence-corrected chi connectivity index (χ4v) is 1.46. The molecular formula is C9H13NO2S. The highest BCUT2D eigenvalue weighted by Crippen LogP contribution is 2.23. The molecule has 2 amide bonds. The molecule has 0 aliphatic carbocycles. The smallest absolute Gasteiger partial charge is 0.246 e. The van der Waals surface area contributed by atoms with Crippen LogP contribution in [0.25, 0.3) is 0 Å². The Morgan fingerprint density at radius 2 is 1.92 bits per heavy atom. The highest BCUT2D eigenvalue weighted by molar-refractivity contribution is 7.81. The molecule has 1 rings (SSSR count). The van der Waals surface area contributed by atoms with Crippen LogP contribution in [0.1, 0.15) is 27.2 Å². The second-order valence-electron chi connectivity index (χ2n) is 3.37. The van der Waals surface area contributed by atoms with Crippen LogP contribution in [0, 0.1) is 0 Å². The van der Waals surface area contributed by atoms with Crippen LogP contribution in [-0.4, -0.2) is 22.0 Å². The van der Waals surface area contributed by atoms with E-state index in [1.165, 1.54) is 4.90 Å². The van der Waals surface area contributed by atoms with Gasteiger partial charge in [-0.15, -0.1) is 0 Å². The molecule has 72 valence electrons. The molecule has 0 saturated carbocycles. The molecule has 4 heteroatoms. The summed E-state index contributed by atoms with van der Waals surface area (Å²) in [5.41, 5.74) is 1.70. The number of allylic oxidation sites excluding steroid dienone is 2. The molecule has 1 aliphatic heterocycles. The van der Waals surface area contributed by atoms with Crippen LogP contribution in [0.3, 0.4) is 0 Å². The van der Waals surface area contributed by atoms with E-state index in [1.807, 2.05) is 13.8 Å². The summed E-state index contributed by atoms with van der Waals surface area (Å²) >= 11 is 4.03. The topological polar surface area (TPSA) is 37.4 Å². The Bertz CT molecular complexity index is 292. The molecule has 0 aromatic carbocycles. The Hall–Kier alpha value is -0.770. The molecule has 1 saturated heterocycles. The van der Waals surface area contributed by atoms with E-state index in [0.717, 1.165) is 11.3 Å². The quantitative estimate of drug-likeness (QED) is 0.511. The molecule has 0 aromatic rings. The Balaban J connectivity index is 3.00. The van der Waals surface area contributed by atoms with E-state index in [9.17, 15) is 9.59 Å². The molecular weight excluding hydrogens is 186 g/mol. The van der Waals surface area contributed by atoms with Crippen molar-refractivity contribution in [3.8, 4) is 0 Å². The molecule has 13 heavy (non-hydrogen) atoms. The van der Waals surface area contributed by atoms with E-state index in [0.29, 0.717) is 0 Å². The molecule has 1 unspecified atom stereocenters. The van der Waals surface area contributed by atoms with Crippen molar-refractivity contribution < 1.29 is 9.59 Å². The van der Waals surface area contributed by atoms with E-state index in [4.69, 9.17) is 0 Å². The van der Waals surface area contributed by atoms with Gasteiger partial charge < -0.3 is 0 Å². The average molecular weight is 199 g/mol. The minimum absolute atomic E-state index is 0.149. The van der Waals surface area contributed by atoms with Crippen LogP contribution < -0.4 is 0 Å². The molecule has 3 nitrogen and oxygen atoms in total. The SMILES string of the molecule is CC(C)=C(C)N1C(=O)CC(S)C1=O. The number of nitrogens with zero attached hydrogens (tertiary/aromatic N) is 1. The zero-order chi connectivity index (χ0) is 10.2. The number of amides is 2. The van der Waals surface area contributed by atoms with Gasteiger partial charge in [-0.3, -0.25) is 14.5 Å². The van der Waals surface area contributed by atoms with E-state index in [2.05, 4.69) is 12.6 Å². The second-order valence-corrected chi connectivity index (χ2v) is 4.00. The van der Waals surface area contributed by atoms with Crippen molar-refractivity contribution >= 4 is 24.4 Å². The number of likely N-dealkylation sites (tertiary alicyclic amines) is 1. The van der Waals surface area contributed by atoms with Crippen LogP contribution in [0.5, 0.6) is 0 Å². The molecule has 0 aromatic heterocycles. The fraction of sp³-hybridized carbons (Fsp3) is 0.556. The van der Waals surface area contributed by atoms with E-state index in [-0.39, 0.29) is 18.2 Å². The fourth-order valence-electron chi connectivity index (χ4n) is 1.19. The number of thiol groups is 1. The molecule has 1 heterocycles. The summed E-state index contributed by atoms with van der Waals surface area (Å²) in [6.45, 7) is 5.53. The summed E-state index contributed by atoms with van der Waals surface area (Å²) in [5, 5.41) is -0.457. The summed E-state index contributed by atoms with van der Waals surface area (Å²) in [5.74, 6) is -0.351. The minimum atomic E-state index is -0.457. The van der Waals surface area contributed by atoms with Gasteiger partial charge >= 0.3 is 0 Å². The first-order chi connectivity index (χ1) is 5.95. The van der Waals surface area contributed by atoms with Gasteiger partial charge in [-0.2, -0.15) is 12.6 Å². The Labute approximate surface area is 83.2 Å². The summed E-state index contributed by atoms with van der Waals surface area (Å²) in [4.78, 5) is 24.0. The first-order valence-electron chi connectivity index (χ1n) is 4.14. The number of hydrogen-bond acceptors (Lipinski definition) is 3. The zero-order valence-electron chi connectivity index (χ0n) is 8.00. The molecule has 1 atom stereocenters. The van der Waals surface area contributed by atoms with Gasteiger partial charge in [0.2, 0.25) is 11.8 Å². The number of hydrogen-bond donors (Lipinski definition) is 1. The van der Waals surface area contributed by atoms with E-state index in [1.54, 1.807) is 6.92 Å². The summed E-state index contributed by atoms with van der Waals surface area (Å²) in [6, 6.07) is 0. The van der Waals surface area contributed by atoms with Gasteiger partial charge in [0.25, 0.3) is 0 Å². The summed E-state index contributed by atoms with van der Waals surface area (Å²) < 4.78 is 0. The van der Waals surface area contributed by atoms with Crippen LogP contribution in [-0.2, 0) is 9.59 Å².